The summed E-state index contributed by atoms with van der Waals surface area (Å²) in [4.78, 5) is 24.6. The minimum atomic E-state index is 0.0318. The van der Waals surface area contributed by atoms with Crippen LogP contribution in [-0.2, 0) is 0 Å². The Morgan fingerprint density at radius 1 is 1.09 bits per heavy atom. The monoisotopic (exact) mass is 459 g/mol. The van der Waals surface area contributed by atoms with Crippen LogP contribution in [0, 0.1) is 0 Å². The van der Waals surface area contributed by atoms with Gasteiger partial charge in [0, 0.05) is 24.3 Å². The number of hydrogen-bond donors (Lipinski definition) is 2. The van der Waals surface area contributed by atoms with Crippen molar-refractivity contribution in [3.05, 3.63) is 78.5 Å². The van der Waals surface area contributed by atoms with Gasteiger partial charge in [0.05, 0.1) is 6.20 Å². The number of amides is 1. The van der Waals surface area contributed by atoms with E-state index in [0.29, 0.717) is 22.9 Å². The van der Waals surface area contributed by atoms with Crippen LogP contribution in [0.3, 0.4) is 0 Å². The van der Waals surface area contributed by atoms with Gasteiger partial charge in [0.1, 0.15) is 5.75 Å². The molecule has 0 radical (unpaired) electrons. The molecule has 0 atom stereocenters. The molecule has 8 heteroatoms. The molecule has 1 fully saturated rings. The van der Waals surface area contributed by atoms with Gasteiger partial charge < -0.3 is 25.6 Å². The first kappa shape index (κ1) is 23.3. The molecule has 0 spiro atoms. The molecule has 2 heterocycles. The number of benzene rings is 2. The summed E-state index contributed by atoms with van der Waals surface area (Å²) in [7, 11) is 4.01. The van der Waals surface area contributed by atoms with E-state index in [1.807, 2.05) is 78.7 Å². The molecule has 2 aromatic carbocycles. The number of anilines is 1. The molecule has 8 nitrogen and oxygen atoms in total. The summed E-state index contributed by atoms with van der Waals surface area (Å²) >= 11 is 0. The summed E-state index contributed by atoms with van der Waals surface area (Å²) < 4.78 is 5.91. The summed E-state index contributed by atoms with van der Waals surface area (Å²) in [5, 5.41) is 3.07. The zero-order chi connectivity index (χ0) is 23.9. The average Bonchev–Trinajstić information content (AvgIpc) is 2.86. The van der Waals surface area contributed by atoms with E-state index in [0.717, 1.165) is 31.6 Å². The lowest BCUT2D eigenvalue weighted by atomic mass is 10.0. The van der Waals surface area contributed by atoms with Crippen LogP contribution < -0.4 is 20.8 Å². The summed E-state index contributed by atoms with van der Waals surface area (Å²) in [5.74, 6) is 1.97. The first-order chi connectivity index (χ1) is 16.5. The third-order valence-corrected chi connectivity index (χ3v) is 5.96. The number of aliphatic imine (C=N–C) groups is 1. The van der Waals surface area contributed by atoms with Crippen LogP contribution in [0.1, 0.15) is 23.2 Å². The van der Waals surface area contributed by atoms with Gasteiger partial charge in [-0.05, 0) is 86.5 Å². The second-order valence-corrected chi connectivity index (χ2v) is 8.45. The molecular weight excluding hydrogens is 428 g/mol. The summed E-state index contributed by atoms with van der Waals surface area (Å²) in [6.07, 6.45) is 3.75. The smallest absolute Gasteiger partial charge is 0.368 e. The fraction of sp³-hybridized carbons (Fsp3) is 0.269. The van der Waals surface area contributed by atoms with Crippen molar-refractivity contribution in [1.29, 1.82) is 0 Å². The van der Waals surface area contributed by atoms with E-state index in [4.69, 9.17) is 10.5 Å². The van der Waals surface area contributed by atoms with Crippen LogP contribution in [0.15, 0.2) is 77.9 Å². The van der Waals surface area contributed by atoms with Crippen LogP contribution in [0.4, 0.5) is 11.5 Å². The highest BCUT2D eigenvalue weighted by atomic mass is 16.5. The van der Waals surface area contributed by atoms with Crippen molar-refractivity contribution in [2.75, 3.05) is 32.5 Å². The molecule has 176 valence electrons. The molecule has 1 aliphatic heterocycles. The van der Waals surface area contributed by atoms with Crippen molar-refractivity contribution in [1.82, 2.24) is 9.80 Å². The molecule has 4 N–H and O–H groups in total. The molecule has 0 saturated carbocycles. The number of carbonyl (C=O) groups excluding carboxylic acids is 1. The largest absolute Gasteiger partial charge is 0.449 e. The minimum absolute atomic E-state index is 0.0318. The van der Waals surface area contributed by atoms with Gasteiger partial charge in [-0.25, -0.2) is 4.98 Å². The number of aromatic nitrogens is 1. The summed E-state index contributed by atoms with van der Waals surface area (Å²) in [6.45, 7) is 2.03. The Morgan fingerprint density at radius 3 is 2.50 bits per heavy atom. The second kappa shape index (κ2) is 10.8. The Morgan fingerprint density at radius 2 is 1.79 bits per heavy atom. The number of nitrogens with two attached hydrogens (primary N) is 1. The molecule has 1 amide bonds. The van der Waals surface area contributed by atoms with E-state index in [-0.39, 0.29) is 17.9 Å². The molecule has 1 saturated heterocycles. The Balaban J connectivity index is 1.40. The number of para-hydroxylation sites is 1. The number of carbonyl (C=O) groups is 1. The number of ether oxygens (including phenoxy) is 1. The molecule has 0 unspecified atom stereocenters. The van der Waals surface area contributed by atoms with Gasteiger partial charge in [0.15, 0.2) is 0 Å². The van der Waals surface area contributed by atoms with E-state index < -0.39 is 0 Å². The van der Waals surface area contributed by atoms with Crippen molar-refractivity contribution in [3.63, 3.8) is 0 Å². The zero-order valence-corrected chi connectivity index (χ0v) is 19.6. The number of guanidine groups is 1. The predicted molar refractivity (Wildman–Crippen MR) is 133 cm³/mol. The number of nitrogens with one attached hydrogen (secondary N) is 2. The fourth-order valence-corrected chi connectivity index (χ4v) is 3.94. The maximum Gasteiger partial charge on any atom is 0.368 e. The molecule has 3 aromatic rings. The Kier molecular flexibility index (Phi) is 7.39. The Labute approximate surface area is 200 Å². The zero-order valence-electron chi connectivity index (χ0n) is 19.6. The number of pyridine rings is 1. The van der Waals surface area contributed by atoms with E-state index in [1.165, 1.54) is 0 Å². The standard InChI is InChI=1S/C26H30N6O2/c1-31-17-14-21(15-18-31)32(2)25(33)19-10-12-20(13-11-19)29-26(27)30-24-23(9-6-16-28-24)34-22-7-4-3-5-8-22/h3-13,16,21H,14-15,17-18H2,1-2H3,(H3,27,28,29,30)/p+1. The van der Waals surface area contributed by atoms with Crippen molar-refractivity contribution < 1.29 is 14.5 Å². The maximum absolute atomic E-state index is 12.9. The SMILES string of the molecule is CN1CCC(N(C)C(=O)c2ccc(N/C(N)=N/c3[nH+]cccc3Oc3ccccc3)cc2)CC1. The maximum atomic E-state index is 12.9. The summed E-state index contributed by atoms with van der Waals surface area (Å²) in [6, 6.07) is 20.7. The van der Waals surface area contributed by atoms with Gasteiger partial charge in [-0.2, -0.15) is 0 Å². The topological polar surface area (TPSA) is 97.3 Å². The fourth-order valence-electron chi connectivity index (χ4n) is 3.94. The molecule has 34 heavy (non-hydrogen) atoms. The van der Waals surface area contributed by atoms with Crippen LogP contribution in [0.2, 0.25) is 0 Å². The van der Waals surface area contributed by atoms with Gasteiger partial charge in [0.2, 0.25) is 5.75 Å². The first-order valence-corrected chi connectivity index (χ1v) is 11.4. The highest BCUT2D eigenvalue weighted by Crippen LogP contribution is 2.27. The minimum Gasteiger partial charge on any atom is -0.449 e. The number of rotatable bonds is 6. The Bertz CT molecular complexity index is 1130. The first-order valence-electron chi connectivity index (χ1n) is 11.4. The van der Waals surface area contributed by atoms with Crippen LogP contribution in [0.25, 0.3) is 0 Å². The van der Waals surface area contributed by atoms with Crippen molar-refractivity contribution in [2.45, 2.75) is 18.9 Å². The highest BCUT2D eigenvalue weighted by molar-refractivity contribution is 5.96. The van der Waals surface area contributed by atoms with Crippen molar-refractivity contribution >= 4 is 23.4 Å². The van der Waals surface area contributed by atoms with Crippen molar-refractivity contribution in [2.24, 2.45) is 10.7 Å². The number of H-pyrrole nitrogens is 1. The second-order valence-electron chi connectivity index (χ2n) is 8.45. The lowest BCUT2D eigenvalue weighted by Gasteiger charge is -2.35. The van der Waals surface area contributed by atoms with Crippen LogP contribution >= 0.6 is 0 Å². The summed E-state index contributed by atoms with van der Waals surface area (Å²) in [5.41, 5.74) is 7.53. The molecule has 0 aliphatic carbocycles. The number of hydrogen-bond acceptors (Lipinski definition) is 4. The molecular formula is C26H31N6O2+. The predicted octanol–water partition coefficient (Wildman–Crippen LogP) is 3.52. The lowest BCUT2D eigenvalue weighted by molar-refractivity contribution is -0.363. The third kappa shape index (κ3) is 5.90. The number of aromatic amines is 1. The van der Waals surface area contributed by atoms with Gasteiger partial charge in [-0.1, -0.05) is 18.2 Å². The lowest BCUT2D eigenvalue weighted by Crippen LogP contribution is -2.44. The average molecular weight is 460 g/mol. The third-order valence-electron chi connectivity index (χ3n) is 5.96. The van der Waals surface area contributed by atoms with Crippen LogP contribution in [-0.4, -0.2) is 54.9 Å². The number of likely N-dealkylation sites (tertiary alicyclic amines) is 1. The molecule has 1 aliphatic rings. The molecule has 1 aromatic heterocycles. The van der Waals surface area contributed by atoms with Gasteiger partial charge >= 0.3 is 11.8 Å². The normalized spacial score (nSPS) is 15.1. The Hall–Kier alpha value is -3.91. The van der Waals surface area contributed by atoms with E-state index in [2.05, 4.69) is 27.2 Å². The van der Waals surface area contributed by atoms with E-state index in [1.54, 1.807) is 6.20 Å². The highest BCUT2D eigenvalue weighted by Gasteiger charge is 2.24. The van der Waals surface area contributed by atoms with Gasteiger partial charge in [0.25, 0.3) is 5.91 Å². The molecule has 0 bridgehead atoms. The molecule has 4 rings (SSSR count). The number of nitrogens with zero attached hydrogens (tertiary/aromatic N) is 3. The van der Waals surface area contributed by atoms with E-state index in [9.17, 15) is 4.79 Å². The van der Waals surface area contributed by atoms with Crippen LogP contribution in [0.5, 0.6) is 11.5 Å². The van der Waals surface area contributed by atoms with E-state index >= 15 is 0 Å². The van der Waals surface area contributed by atoms with Crippen molar-refractivity contribution in [3.8, 4) is 11.5 Å². The van der Waals surface area contributed by atoms with Gasteiger partial charge in [-0.15, -0.1) is 0 Å². The quantitative estimate of drug-likeness (QED) is 0.434. The van der Waals surface area contributed by atoms with Gasteiger partial charge in [-0.3, -0.25) is 4.79 Å². The number of piperidine rings is 1.